The summed E-state index contributed by atoms with van der Waals surface area (Å²) in [5.74, 6) is 0.0143. The summed E-state index contributed by atoms with van der Waals surface area (Å²) >= 11 is 0. The second-order valence-electron chi connectivity index (χ2n) is 5.29. The van der Waals surface area contributed by atoms with Crippen LogP contribution in [-0.2, 0) is 22.4 Å². The summed E-state index contributed by atoms with van der Waals surface area (Å²) in [4.78, 5) is 29.0. The molecule has 0 unspecified atom stereocenters. The van der Waals surface area contributed by atoms with Crippen molar-refractivity contribution in [2.75, 3.05) is 6.54 Å². The largest absolute Gasteiger partial charge is 0.480 e. The number of aromatic nitrogens is 2. The van der Waals surface area contributed by atoms with E-state index in [0.717, 1.165) is 25.7 Å². The van der Waals surface area contributed by atoms with Crippen LogP contribution in [0.15, 0.2) is 4.52 Å². The van der Waals surface area contributed by atoms with Gasteiger partial charge in [0.15, 0.2) is 5.82 Å². The molecule has 1 fully saturated rings. The Balaban J connectivity index is 1.89. The fraction of sp³-hybridized carbons (Fsp3) is 0.714. The van der Waals surface area contributed by atoms with E-state index in [1.807, 2.05) is 6.92 Å². The minimum Gasteiger partial charge on any atom is -0.480 e. The lowest BCUT2D eigenvalue weighted by atomic mass is 10.0. The molecule has 1 amide bonds. The van der Waals surface area contributed by atoms with Crippen molar-refractivity contribution >= 4 is 11.9 Å². The molecule has 2 heterocycles. The minimum absolute atomic E-state index is 0.155. The lowest BCUT2D eigenvalue weighted by molar-refractivity contribution is -0.152. The predicted molar refractivity (Wildman–Crippen MR) is 73.6 cm³/mol. The Kier molecular flexibility index (Phi) is 5.30. The number of carbonyl (C=O) groups excluding carboxylic acids is 1. The third kappa shape index (κ3) is 4.03. The lowest BCUT2D eigenvalue weighted by Crippen LogP contribution is -2.48. The van der Waals surface area contributed by atoms with E-state index in [2.05, 4.69) is 10.1 Å². The van der Waals surface area contributed by atoms with Gasteiger partial charge in [0.05, 0.1) is 0 Å². The van der Waals surface area contributed by atoms with E-state index in [0.29, 0.717) is 31.1 Å². The fourth-order valence-corrected chi connectivity index (χ4v) is 2.56. The minimum atomic E-state index is -0.925. The molecule has 0 spiro atoms. The van der Waals surface area contributed by atoms with Crippen molar-refractivity contribution in [1.82, 2.24) is 15.0 Å². The Morgan fingerprint density at radius 3 is 2.90 bits per heavy atom. The van der Waals surface area contributed by atoms with Crippen molar-refractivity contribution in [3.05, 3.63) is 11.7 Å². The topological polar surface area (TPSA) is 96.5 Å². The summed E-state index contributed by atoms with van der Waals surface area (Å²) in [7, 11) is 0. The average Bonchev–Trinajstić information content (AvgIpc) is 2.93. The molecule has 1 N–H and O–H groups in total. The van der Waals surface area contributed by atoms with Crippen molar-refractivity contribution in [2.45, 2.75) is 57.9 Å². The van der Waals surface area contributed by atoms with Crippen molar-refractivity contribution in [1.29, 1.82) is 0 Å². The van der Waals surface area contributed by atoms with Crippen LogP contribution >= 0.6 is 0 Å². The van der Waals surface area contributed by atoms with Gasteiger partial charge >= 0.3 is 5.97 Å². The highest BCUT2D eigenvalue weighted by molar-refractivity contribution is 5.83. The SMILES string of the molecule is CCCc1noc(CCC(=O)N2CCCC[C@@H]2C(=O)O)n1. The summed E-state index contributed by atoms with van der Waals surface area (Å²) < 4.78 is 5.08. The van der Waals surface area contributed by atoms with Gasteiger partial charge in [0.2, 0.25) is 11.8 Å². The quantitative estimate of drug-likeness (QED) is 0.852. The van der Waals surface area contributed by atoms with Crippen LogP contribution in [0.2, 0.25) is 0 Å². The van der Waals surface area contributed by atoms with Gasteiger partial charge in [-0.15, -0.1) is 0 Å². The van der Waals surface area contributed by atoms with E-state index in [9.17, 15) is 14.7 Å². The van der Waals surface area contributed by atoms with E-state index in [4.69, 9.17) is 4.52 Å². The Morgan fingerprint density at radius 2 is 2.19 bits per heavy atom. The summed E-state index contributed by atoms with van der Waals surface area (Å²) in [6, 6.07) is -0.690. The number of amides is 1. The molecule has 116 valence electrons. The molecular formula is C14H21N3O4. The molecular weight excluding hydrogens is 274 g/mol. The van der Waals surface area contributed by atoms with E-state index in [-0.39, 0.29) is 12.3 Å². The zero-order valence-corrected chi connectivity index (χ0v) is 12.2. The predicted octanol–water partition coefficient (Wildman–Crippen LogP) is 1.42. The second kappa shape index (κ2) is 7.19. The third-order valence-corrected chi connectivity index (χ3v) is 3.64. The molecule has 1 aromatic heterocycles. The highest BCUT2D eigenvalue weighted by Crippen LogP contribution is 2.18. The van der Waals surface area contributed by atoms with Crippen molar-refractivity contribution in [2.24, 2.45) is 0 Å². The van der Waals surface area contributed by atoms with Gasteiger partial charge < -0.3 is 14.5 Å². The first-order valence-electron chi connectivity index (χ1n) is 7.45. The van der Waals surface area contributed by atoms with Crippen LogP contribution in [0.5, 0.6) is 0 Å². The van der Waals surface area contributed by atoms with Crippen molar-refractivity contribution < 1.29 is 19.2 Å². The molecule has 1 atom stereocenters. The molecule has 0 bridgehead atoms. The summed E-state index contributed by atoms with van der Waals surface area (Å²) in [6.07, 6.45) is 4.50. The molecule has 1 aromatic rings. The number of likely N-dealkylation sites (tertiary alicyclic amines) is 1. The Hall–Kier alpha value is -1.92. The van der Waals surface area contributed by atoms with Gasteiger partial charge in [-0.25, -0.2) is 4.79 Å². The van der Waals surface area contributed by atoms with Crippen LogP contribution in [0.3, 0.4) is 0 Å². The Morgan fingerprint density at radius 1 is 1.38 bits per heavy atom. The van der Waals surface area contributed by atoms with Crippen LogP contribution in [0.4, 0.5) is 0 Å². The molecule has 0 radical (unpaired) electrons. The normalized spacial score (nSPS) is 18.7. The van der Waals surface area contributed by atoms with Gasteiger partial charge in [-0.1, -0.05) is 12.1 Å². The van der Waals surface area contributed by atoms with E-state index in [1.165, 1.54) is 4.90 Å². The number of hydrogen-bond donors (Lipinski definition) is 1. The molecule has 21 heavy (non-hydrogen) atoms. The van der Waals surface area contributed by atoms with Gasteiger partial charge in [0.1, 0.15) is 6.04 Å². The first-order chi connectivity index (χ1) is 10.1. The molecule has 7 nitrogen and oxygen atoms in total. The zero-order valence-electron chi connectivity index (χ0n) is 12.2. The first-order valence-corrected chi connectivity index (χ1v) is 7.45. The number of rotatable bonds is 6. The van der Waals surface area contributed by atoms with Crippen LogP contribution < -0.4 is 0 Å². The number of carboxylic acids is 1. The van der Waals surface area contributed by atoms with Gasteiger partial charge in [-0.3, -0.25) is 4.79 Å². The zero-order chi connectivity index (χ0) is 15.2. The summed E-state index contributed by atoms with van der Waals surface area (Å²) in [5.41, 5.74) is 0. The third-order valence-electron chi connectivity index (χ3n) is 3.64. The molecule has 7 heteroatoms. The van der Waals surface area contributed by atoms with Gasteiger partial charge in [0.25, 0.3) is 0 Å². The first kappa shape index (κ1) is 15.5. The average molecular weight is 295 g/mol. The number of hydrogen-bond acceptors (Lipinski definition) is 5. The van der Waals surface area contributed by atoms with Crippen LogP contribution in [0, 0.1) is 0 Å². The van der Waals surface area contributed by atoms with E-state index >= 15 is 0 Å². The Labute approximate surface area is 123 Å². The number of carboxylic acid groups (broad SMARTS) is 1. The lowest BCUT2D eigenvalue weighted by Gasteiger charge is -2.32. The van der Waals surface area contributed by atoms with Crippen LogP contribution in [0.1, 0.15) is 50.7 Å². The number of carbonyl (C=O) groups is 2. The van der Waals surface area contributed by atoms with Crippen molar-refractivity contribution in [3.63, 3.8) is 0 Å². The number of aryl methyl sites for hydroxylation is 2. The molecule has 0 aromatic carbocycles. The van der Waals surface area contributed by atoms with E-state index < -0.39 is 12.0 Å². The monoisotopic (exact) mass is 295 g/mol. The number of aliphatic carboxylic acids is 1. The van der Waals surface area contributed by atoms with Gasteiger partial charge in [-0.05, 0) is 25.7 Å². The fourth-order valence-electron chi connectivity index (χ4n) is 2.56. The number of piperidine rings is 1. The van der Waals surface area contributed by atoms with Gasteiger partial charge in [-0.2, -0.15) is 4.98 Å². The molecule has 0 saturated carbocycles. The highest BCUT2D eigenvalue weighted by Gasteiger charge is 2.31. The number of nitrogens with zero attached hydrogens (tertiary/aromatic N) is 3. The molecule has 0 aliphatic carbocycles. The Bertz CT molecular complexity index is 500. The standard InChI is InChI=1S/C14H21N3O4/c1-2-5-11-15-12(21-16-11)7-8-13(18)17-9-4-3-6-10(17)14(19)20/h10H,2-9H2,1H3,(H,19,20)/t10-/m1/s1. The summed E-state index contributed by atoms with van der Waals surface area (Å²) in [5, 5.41) is 13.0. The summed E-state index contributed by atoms with van der Waals surface area (Å²) in [6.45, 7) is 2.54. The van der Waals surface area contributed by atoms with E-state index in [1.54, 1.807) is 0 Å². The second-order valence-corrected chi connectivity index (χ2v) is 5.29. The molecule has 1 aliphatic rings. The maximum absolute atomic E-state index is 12.2. The highest BCUT2D eigenvalue weighted by atomic mass is 16.5. The van der Waals surface area contributed by atoms with Gasteiger partial charge in [0, 0.05) is 25.8 Å². The maximum Gasteiger partial charge on any atom is 0.326 e. The molecule has 1 saturated heterocycles. The van der Waals surface area contributed by atoms with Crippen LogP contribution in [-0.4, -0.2) is 44.6 Å². The smallest absolute Gasteiger partial charge is 0.326 e. The van der Waals surface area contributed by atoms with Crippen molar-refractivity contribution in [3.8, 4) is 0 Å². The van der Waals surface area contributed by atoms with Crippen LogP contribution in [0.25, 0.3) is 0 Å². The maximum atomic E-state index is 12.2. The molecule has 1 aliphatic heterocycles. The molecule has 2 rings (SSSR count).